The molecule has 6 heteroatoms. The molecule has 2 heterocycles. The van der Waals surface area contributed by atoms with E-state index in [4.69, 9.17) is 4.74 Å². The van der Waals surface area contributed by atoms with Crippen molar-refractivity contribution < 1.29 is 4.74 Å². The highest BCUT2D eigenvalue weighted by Crippen LogP contribution is 2.30. The van der Waals surface area contributed by atoms with Crippen LogP contribution in [0.2, 0.25) is 0 Å². The fourth-order valence-corrected chi connectivity index (χ4v) is 2.41. The Hall–Kier alpha value is -0.880. The van der Waals surface area contributed by atoms with Gasteiger partial charge in [-0.15, -0.1) is 0 Å². The van der Waals surface area contributed by atoms with E-state index >= 15 is 0 Å². The summed E-state index contributed by atoms with van der Waals surface area (Å²) in [4.78, 5) is 10.7. The van der Waals surface area contributed by atoms with Crippen LogP contribution >= 0.6 is 15.9 Å². The van der Waals surface area contributed by atoms with Crippen molar-refractivity contribution >= 4 is 27.6 Å². The van der Waals surface area contributed by atoms with E-state index < -0.39 is 0 Å². The van der Waals surface area contributed by atoms with E-state index in [1.807, 2.05) is 7.05 Å². The average Bonchev–Trinajstić information content (AvgIpc) is 2.31. The van der Waals surface area contributed by atoms with E-state index in [9.17, 15) is 0 Å². The van der Waals surface area contributed by atoms with Gasteiger partial charge >= 0.3 is 0 Å². The Bertz CT molecular complexity index is 374. The normalized spacial score (nSPS) is 20.9. The molecule has 0 spiro atoms. The van der Waals surface area contributed by atoms with Gasteiger partial charge in [-0.25, -0.2) is 9.97 Å². The number of hydrogen-bond donors (Lipinski definition) is 1. The van der Waals surface area contributed by atoms with Crippen LogP contribution in [0.3, 0.4) is 0 Å². The van der Waals surface area contributed by atoms with Crippen molar-refractivity contribution in [1.29, 1.82) is 0 Å². The lowest BCUT2D eigenvalue weighted by Gasteiger charge is -2.34. The first-order valence-corrected chi connectivity index (χ1v) is 6.06. The van der Waals surface area contributed by atoms with Crippen LogP contribution in [0.1, 0.15) is 6.92 Å². The van der Waals surface area contributed by atoms with E-state index in [2.05, 4.69) is 43.0 Å². The smallest absolute Gasteiger partial charge is 0.148 e. The first kappa shape index (κ1) is 11.6. The number of nitrogens with zero attached hydrogens (tertiary/aromatic N) is 3. The number of morpholine rings is 1. The van der Waals surface area contributed by atoms with Gasteiger partial charge in [-0.2, -0.15) is 0 Å². The monoisotopic (exact) mass is 286 g/mol. The van der Waals surface area contributed by atoms with Crippen molar-refractivity contribution in [3.8, 4) is 0 Å². The Kier molecular flexibility index (Phi) is 3.60. The van der Waals surface area contributed by atoms with E-state index in [0.29, 0.717) is 6.04 Å². The molecule has 1 atom stereocenters. The topological polar surface area (TPSA) is 50.3 Å². The Morgan fingerprint density at radius 1 is 1.56 bits per heavy atom. The predicted molar refractivity (Wildman–Crippen MR) is 66.9 cm³/mol. The highest BCUT2D eigenvalue weighted by Gasteiger charge is 2.23. The molecule has 1 unspecified atom stereocenters. The van der Waals surface area contributed by atoms with Gasteiger partial charge in [-0.1, -0.05) is 0 Å². The number of hydrogen-bond acceptors (Lipinski definition) is 5. The van der Waals surface area contributed by atoms with Crippen LogP contribution < -0.4 is 10.2 Å². The van der Waals surface area contributed by atoms with Gasteiger partial charge in [-0.05, 0) is 22.9 Å². The number of rotatable bonds is 2. The predicted octanol–water partition coefficient (Wildman–Crippen LogP) is 1.51. The second-order valence-corrected chi connectivity index (χ2v) is 4.52. The lowest BCUT2D eigenvalue weighted by Crippen LogP contribution is -2.44. The van der Waals surface area contributed by atoms with Crippen LogP contribution in [0.15, 0.2) is 10.8 Å². The molecule has 5 nitrogen and oxygen atoms in total. The molecule has 0 aliphatic carbocycles. The molecule has 1 aliphatic heterocycles. The number of nitrogens with one attached hydrogen (secondary N) is 1. The molecule has 0 bridgehead atoms. The zero-order valence-electron chi connectivity index (χ0n) is 9.40. The molecule has 1 fully saturated rings. The van der Waals surface area contributed by atoms with Crippen LogP contribution in [0.5, 0.6) is 0 Å². The molecule has 16 heavy (non-hydrogen) atoms. The van der Waals surface area contributed by atoms with Crippen LogP contribution in [0.4, 0.5) is 11.6 Å². The fraction of sp³-hybridized carbons (Fsp3) is 0.600. The largest absolute Gasteiger partial charge is 0.377 e. The molecular formula is C10H15BrN4O. The first-order valence-electron chi connectivity index (χ1n) is 5.26. The Balaban J connectivity index is 2.31. The number of ether oxygens (including phenoxy) is 1. The zero-order chi connectivity index (χ0) is 11.5. The van der Waals surface area contributed by atoms with Gasteiger partial charge in [0.1, 0.15) is 22.4 Å². The summed E-state index contributed by atoms with van der Waals surface area (Å²) in [5.74, 6) is 1.74. The Morgan fingerprint density at radius 2 is 2.38 bits per heavy atom. The minimum atomic E-state index is 0.338. The summed E-state index contributed by atoms with van der Waals surface area (Å²) in [6.07, 6.45) is 1.58. The third kappa shape index (κ3) is 2.12. The van der Waals surface area contributed by atoms with Crippen molar-refractivity contribution in [3.63, 3.8) is 0 Å². The minimum Gasteiger partial charge on any atom is -0.377 e. The maximum atomic E-state index is 5.41. The Morgan fingerprint density at radius 3 is 3.06 bits per heavy atom. The standard InChI is InChI=1S/C10H15BrN4O/c1-7-5-16-4-3-15(7)10-8(11)9(12-2)13-6-14-10/h6-7H,3-5H2,1-2H3,(H,12,13,14). The lowest BCUT2D eigenvalue weighted by atomic mass is 10.2. The van der Waals surface area contributed by atoms with Gasteiger partial charge in [0.2, 0.25) is 0 Å². The summed E-state index contributed by atoms with van der Waals surface area (Å²) in [5.41, 5.74) is 0. The fourth-order valence-electron chi connectivity index (χ4n) is 1.78. The summed E-state index contributed by atoms with van der Waals surface area (Å²) in [6.45, 7) is 4.48. The van der Waals surface area contributed by atoms with Crippen molar-refractivity contribution in [2.75, 3.05) is 37.0 Å². The Labute approximate surface area is 103 Å². The molecular weight excluding hydrogens is 272 g/mol. The van der Waals surface area contributed by atoms with Crippen molar-refractivity contribution in [2.45, 2.75) is 13.0 Å². The number of aromatic nitrogens is 2. The molecule has 2 rings (SSSR count). The van der Waals surface area contributed by atoms with Crippen LogP contribution in [0.25, 0.3) is 0 Å². The van der Waals surface area contributed by atoms with Crippen LogP contribution in [-0.2, 0) is 4.74 Å². The third-order valence-corrected chi connectivity index (χ3v) is 3.38. The second kappa shape index (κ2) is 4.97. The molecule has 1 aromatic rings. The second-order valence-electron chi connectivity index (χ2n) is 3.73. The lowest BCUT2D eigenvalue weighted by molar-refractivity contribution is 0.0984. The van der Waals surface area contributed by atoms with E-state index in [0.717, 1.165) is 35.9 Å². The van der Waals surface area contributed by atoms with E-state index in [-0.39, 0.29) is 0 Å². The highest BCUT2D eigenvalue weighted by molar-refractivity contribution is 9.10. The number of anilines is 2. The molecule has 1 aliphatic rings. The third-order valence-electron chi connectivity index (χ3n) is 2.65. The molecule has 1 N–H and O–H groups in total. The molecule has 88 valence electrons. The van der Waals surface area contributed by atoms with Crippen molar-refractivity contribution in [2.24, 2.45) is 0 Å². The molecule has 0 aromatic carbocycles. The first-order chi connectivity index (χ1) is 7.74. The molecule has 0 saturated carbocycles. The minimum absolute atomic E-state index is 0.338. The number of halogens is 1. The summed E-state index contributed by atoms with van der Waals surface area (Å²) >= 11 is 3.53. The maximum Gasteiger partial charge on any atom is 0.148 e. The SMILES string of the molecule is CNc1ncnc(N2CCOCC2C)c1Br. The zero-order valence-corrected chi connectivity index (χ0v) is 11.0. The van der Waals surface area contributed by atoms with E-state index in [1.54, 1.807) is 6.33 Å². The summed E-state index contributed by atoms with van der Waals surface area (Å²) in [6, 6.07) is 0.338. The molecule has 0 amide bonds. The molecule has 0 radical (unpaired) electrons. The van der Waals surface area contributed by atoms with Gasteiger partial charge < -0.3 is 15.0 Å². The molecule has 1 saturated heterocycles. The van der Waals surface area contributed by atoms with Crippen molar-refractivity contribution in [3.05, 3.63) is 10.8 Å². The quantitative estimate of drug-likeness (QED) is 0.893. The highest BCUT2D eigenvalue weighted by atomic mass is 79.9. The maximum absolute atomic E-state index is 5.41. The summed E-state index contributed by atoms with van der Waals surface area (Å²) in [7, 11) is 1.85. The van der Waals surface area contributed by atoms with Gasteiger partial charge in [0, 0.05) is 13.6 Å². The van der Waals surface area contributed by atoms with Crippen molar-refractivity contribution in [1.82, 2.24) is 9.97 Å². The van der Waals surface area contributed by atoms with Gasteiger partial charge in [0.15, 0.2) is 0 Å². The van der Waals surface area contributed by atoms with Crippen LogP contribution in [-0.4, -0.2) is 42.8 Å². The van der Waals surface area contributed by atoms with Gasteiger partial charge in [-0.3, -0.25) is 0 Å². The average molecular weight is 287 g/mol. The van der Waals surface area contributed by atoms with E-state index in [1.165, 1.54) is 0 Å². The van der Waals surface area contributed by atoms with Crippen LogP contribution in [0, 0.1) is 0 Å². The summed E-state index contributed by atoms with van der Waals surface area (Å²) in [5, 5.41) is 3.03. The molecule has 1 aromatic heterocycles. The summed E-state index contributed by atoms with van der Waals surface area (Å²) < 4.78 is 6.32. The van der Waals surface area contributed by atoms with Gasteiger partial charge in [0.25, 0.3) is 0 Å². The van der Waals surface area contributed by atoms with Gasteiger partial charge in [0.05, 0.1) is 19.3 Å².